The van der Waals surface area contributed by atoms with Crippen molar-refractivity contribution in [1.82, 2.24) is 0 Å². The van der Waals surface area contributed by atoms with E-state index in [0.29, 0.717) is 24.9 Å². The van der Waals surface area contributed by atoms with Crippen molar-refractivity contribution in [3.05, 3.63) is 22.3 Å². The molecule has 90 heavy (non-hydrogen) atoms. The van der Waals surface area contributed by atoms with Crippen LogP contribution in [0.5, 0.6) is 0 Å². The number of carbonyl (C=O) groups excluding carboxylic acids is 3. The highest BCUT2D eigenvalue weighted by molar-refractivity contribution is 14.1. The first kappa shape index (κ1) is 85.9. The number of esters is 1. The largest absolute Gasteiger partial charge is 0.459 e. The number of halogens is 1. The summed E-state index contributed by atoms with van der Waals surface area (Å²) in [5.74, 6) is -3.36. The average molecular weight is 1460 g/mol. The Morgan fingerprint density at radius 2 is 0.978 bits per heavy atom. The molecule has 0 radical (unpaired) electrons. The number of allylic oxidation sites excluding steroid dienone is 1. The molecule has 2 rings (SSSR count). The van der Waals surface area contributed by atoms with Gasteiger partial charge in [-0.25, -0.2) is 4.79 Å². The third-order valence-corrected chi connectivity index (χ3v) is 46.8. The minimum Gasteiger partial charge on any atom is -0.459 e. The summed E-state index contributed by atoms with van der Waals surface area (Å²) in [7, 11) is -11.5. The Balaban J connectivity index is 2.70. The lowest BCUT2D eigenvalue weighted by Gasteiger charge is -2.52. The summed E-state index contributed by atoms with van der Waals surface area (Å²) >= 11 is 2.31. The Kier molecular flexibility index (Phi) is 31.6. The smallest absolute Gasteiger partial charge is 0.330 e. The van der Waals surface area contributed by atoms with E-state index in [1.54, 1.807) is 6.08 Å². The Morgan fingerprint density at radius 1 is 0.567 bits per heavy atom. The highest BCUT2D eigenvalue weighted by Gasteiger charge is 2.54. The minimum absolute atomic E-state index is 0.0181. The Bertz CT molecular complexity index is 2320. The summed E-state index contributed by atoms with van der Waals surface area (Å²) in [5, 5.41) is -0.276. The number of carbonyl (C=O) groups is 3. The Hall–Kier alpha value is -0.176. The maximum Gasteiger partial charge on any atom is 0.330 e. The molecule has 11 nitrogen and oxygen atoms in total. The number of Topliss-reactive ketones (excluding diaryl/α,β-unsaturated/α-hetero) is 2. The zero-order valence-electron chi connectivity index (χ0n) is 64.8. The molecule has 0 aliphatic carbocycles. The monoisotopic (exact) mass is 1460 g/mol. The molecule has 0 aromatic rings. The third-order valence-electron chi connectivity index (χ3n) is 23.8. The number of ether oxygens (including phenoxy) is 3. The van der Waals surface area contributed by atoms with Crippen molar-refractivity contribution in [2.45, 2.75) is 364 Å². The highest BCUT2D eigenvalue weighted by atomic mass is 127. The molecule has 17 heteroatoms. The van der Waals surface area contributed by atoms with Gasteiger partial charge < -0.3 is 36.3 Å². The van der Waals surface area contributed by atoms with Gasteiger partial charge in [-0.2, -0.15) is 0 Å². The van der Waals surface area contributed by atoms with Gasteiger partial charge >= 0.3 is 5.97 Å². The average Bonchev–Trinajstić information content (AvgIpc) is 0.886. The number of rotatable bonds is 32. The first-order valence-corrected chi connectivity index (χ1v) is 51.1. The molecule has 0 saturated carbocycles. The van der Waals surface area contributed by atoms with Crippen LogP contribution >= 0.6 is 22.6 Å². The molecular formula is C73H143IO11Si5. The molecule has 2 aliphatic heterocycles. The molecule has 0 aromatic carbocycles. The van der Waals surface area contributed by atoms with E-state index in [4.69, 9.17) is 36.3 Å². The highest BCUT2D eigenvalue weighted by Crippen LogP contribution is 2.49. The molecular weight excluding hydrogens is 1320 g/mol. The summed E-state index contributed by atoms with van der Waals surface area (Å²) in [6.07, 6.45) is 9.87. The van der Waals surface area contributed by atoms with Crippen molar-refractivity contribution in [1.29, 1.82) is 0 Å². The van der Waals surface area contributed by atoms with E-state index in [2.05, 4.69) is 244 Å². The van der Waals surface area contributed by atoms with Gasteiger partial charge in [-0.3, -0.25) is 9.59 Å². The van der Waals surface area contributed by atoms with Gasteiger partial charge in [0.1, 0.15) is 17.7 Å². The Morgan fingerprint density at radius 3 is 1.42 bits per heavy atom. The molecule has 2 fully saturated rings. The summed E-state index contributed by atoms with van der Waals surface area (Å²) < 4.78 is 59.0. The summed E-state index contributed by atoms with van der Waals surface area (Å²) in [6.45, 7) is 78.0. The summed E-state index contributed by atoms with van der Waals surface area (Å²) in [4.78, 5) is 45.9. The number of ketones is 2. The van der Waals surface area contributed by atoms with E-state index >= 15 is 9.59 Å². The number of hydrogen-bond acceptors (Lipinski definition) is 11. The van der Waals surface area contributed by atoms with E-state index < -0.39 is 95.3 Å². The lowest BCUT2D eigenvalue weighted by Crippen LogP contribution is -2.57. The summed E-state index contributed by atoms with van der Waals surface area (Å²) in [6, 6.07) is 0. The molecule has 17 atom stereocenters. The first-order chi connectivity index (χ1) is 40.4. The third kappa shape index (κ3) is 23.5. The second-order valence-corrected chi connectivity index (χ2v) is 60.9. The molecule has 0 bridgehead atoms. The van der Waals surface area contributed by atoms with Crippen LogP contribution in [-0.2, 0) is 50.7 Å². The first-order valence-electron chi connectivity index (χ1n) is 35.3. The molecule has 2 saturated heterocycles. The van der Waals surface area contributed by atoms with Crippen molar-refractivity contribution in [3.8, 4) is 0 Å². The predicted octanol–water partition coefficient (Wildman–Crippen LogP) is 21.5. The van der Waals surface area contributed by atoms with E-state index in [-0.39, 0.29) is 78.9 Å². The van der Waals surface area contributed by atoms with Gasteiger partial charge in [0.2, 0.25) is 0 Å². The van der Waals surface area contributed by atoms with Gasteiger partial charge in [-0.05, 0) is 158 Å². The van der Waals surface area contributed by atoms with Gasteiger partial charge in [0, 0.05) is 67.1 Å². The normalized spacial score (nSPS) is 25.5. The number of hydrogen-bond donors (Lipinski definition) is 0. The predicted molar refractivity (Wildman–Crippen MR) is 401 cm³/mol. The standard InChI is InChI=1S/C73H143IO11Si5/c1-36-58(42-45-74)38-39-59-53(6)61(48-73(80-59)44-41-49(2)60(81-73)47-52(5)82-87(28,29)69(14,15)16)79-62(75)40-37-50(3)65(83-88(30,31)70(17,18)19)54(7)63(76)56(9)67(85-90(34,35)72(23,24)25)57(10)64(77)55(8)66(84-89(32,33)71(20,21)22)51(4)43-46-78-86(26,27)68(11,12)13/h37,40,42,45,49-61,65-67H,36,38-39,41,43-44,46-48H2,1-35H3/b40-37+,45-42+/t49-,50-,51+,52+,53+,54+,55+,56-,57+,58-,59-,60-,61-,65+,66-,67+,73-/m0/s1. The molecule has 528 valence electrons. The quantitative estimate of drug-likeness (QED) is 0.0277. The molecule has 0 N–H and O–H groups in total. The van der Waals surface area contributed by atoms with Crippen LogP contribution in [0, 0.1) is 53.3 Å². The van der Waals surface area contributed by atoms with Crippen LogP contribution in [0.4, 0.5) is 0 Å². The second kappa shape index (κ2) is 33.1. The molecule has 1 spiro atoms. The second-order valence-electron chi connectivity index (χ2n) is 36.3. The molecule has 0 amide bonds. The SMILES string of the molecule is CC[C@H](/C=C/I)CC[C@@H]1O[C@]2(CC[C@H](C)[C@H](C[C@@H](C)O[Si](C)(C)C(C)(C)C)O2)C[C@H](OC(=O)/C=C/[C@H](C)[C@@H](O[Si](C)(C)C(C)(C)C)[C@H](C)C(=O)[C@H](C)[C@@H](O[Si](C)(C)C(C)(C)C)[C@H](C)C(=O)[C@@H](C)[C@@H](O[Si](C)(C)C(C)(C)C)[C@H](C)CCO[Si](C)(C)C(C)(C)C)[C@@H]1C. The van der Waals surface area contributed by atoms with Crippen molar-refractivity contribution in [2.75, 3.05) is 6.61 Å². The van der Waals surface area contributed by atoms with E-state index in [9.17, 15) is 4.79 Å². The van der Waals surface area contributed by atoms with Crippen LogP contribution < -0.4 is 0 Å². The van der Waals surface area contributed by atoms with Crippen LogP contribution in [0.2, 0.25) is 90.7 Å². The maximum absolute atomic E-state index is 15.8. The van der Waals surface area contributed by atoms with Gasteiger partial charge in [-0.15, -0.1) is 0 Å². The molecule has 0 unspecified atom stereocenters. The van der Waals surface area contributed by atoms with E-state index in [0.717, 1.165) is 44.9 Å². The van der Waals surface area contributed by atoms with Crippen LogP contribution in [0.15, 0.2) is 22.3 Å². The van der Waals surface area contributed by atoms with Crippen LogP contribution in [0.1, 0.15) is 224 Å². The topological polar surface area (TPSA) is 125 Å². The van der Waals surface area contributed by atoms with Crippen molar-refractivity contribution in [3.63, 3.8) is 0 Å². The fourth-order valence-electron chi connectivity index (χ4n) is 11.7. The summed E-state index contributed by atoms with van der Waals surface area (Å²) in [5.41, 5.74) is 0. The lowest BCUT2D eigenvalue weighted by atomic mass is 9.77. The van der Waals surface area contributed by atoms with Crippen LogP contribution in [0.25, 0.3) is 0 Å². The van der Waals surface area contributed by atoms with Gasteiger partial charge in [0.05, 0.1) is 30.5 Å². The van der Waals surface area contributed by atoms with E-state index in [1.807, 2.05) is 33.8 Å². The zero-order chi connectivity index (χ0) is 70.3. The van der Waals surface area contributed by atoms with Gasteiger partial charge in [-0.1, -0.05) is 201 Å². The minimum atomic E-state index is -2.59. The lowest BCUT2D eigenvalue weighted by molar-refractivity contribution is -0.347. The van der Waals surface area contributed by atoms with Crippen LogP contribution in [-0.4, -0.2) is 114 Å². The molecule has 2 heterocycles. The maximum atomic E-state index is 15.8. The molecule has 2 aliphatic rings. The fraction of sp³-hybridized carbons (Fsp3) is 0.904. The van der Waals surface area contributed by atoms with Gasteiger partial charge in [0.15, 0.2) is 47.4 Å². The van der Waals surface area contributed by atoms with Crippen molar-refractivity contribution >= 4 is 81.7 Å². The van der Waals surface area contributed by atoms with Crippen molar-refractivity contribution < 1.29 is 50.7 Å². The molecule has 0 aromatic heterocycles. The van der Waals surface area contributed by atoms with Crippen LogP contribution in [0.3, 0.4) is 0 Å². The van der Waals surface area contributed by atoms with Gasteiger partial charge in [0.25, 0.3) is 0 Å². The zero-order valence-corrected chi connectivity index (χ0v) is 71.9. The van der Waals surface area contributed by atoms with E-state index in [1.165, 1.54) is 0 Å². The van der Waals surface area contributed by atoms with Crippen molar-refractivity contribution in [2.24, 2.45) is 53.3 Å². The Labute approximate surface area is 574 Å². The fourth-order valence-corrected chi connectivity index (χ4v) is 19.1.